The normalized spacial score (nSPS) is 11.3. The van der Waals surface area contributed by atoms with Crippen molar-refractivity contribution in [2.45, 2.75) is 11.3 Å². The van der Waals surface area contributed by atoms with Gasteiger partial charge in [-0.1, -0.05) is 35.6 Å². The summed E-state index contributed by atoms with van der Waals surface area (Å²) in [5.41, 5.74) is 0.647. The van der Waals surface area contributed by atoms with Gasteiger partial charge in [0.1, 0.15) is 5.82 Å². The number of fused-ring (bicyclic) bond motifs is 1. The summed E-state index contributed by atoms with van der Waals surface area (Å²) in [5.74, 6) is 0.153. The first-order chi connectivity index (χ1) is 14.2. The van der Waals surface area contributed by atoms with Gasteiger partial charge in [-0.3, -0.25) is 4.79 Å². The molecule has 0 saturated carbocycles. The van der Waals surface area contributed by atoms with Gasteiger partial charge >= 0.3 is 0 Å². The third-order valence-electron chi connectivity index (χ3n) is 3.93. The van der Waals surface area contributed by atoms with Gasteiger partial charge < -0.3 is 0 Å². The zero-order valence-electron chi connectivity index (χ0n) is 15.2. The van der Waals surface area contributed by atoms with E-state index in [0.29, 0.717) is 27.5 Å². The van der Waals surface area contributed by atoms with Crippen LogP contribution in [0.1, 0.15) is 11.3 Å². The molecule has 29 heavy (non-hydrogen) atoms. The second-order valence-electron chi connectivity index (χ2n) is 5.99. The molecule has 0 unspecified atom stereocenters. The summed E-state index contributed by atoms with van der Waals surface area (Å²) < 4.78 is 14.2. The van der Waals surface area contributed by atoms with E-state index in [9.17, 15) is 9.18 Å². The minimum Gasteiger partial charge on any atom is -0.272 e. The Morgan fingerprint density at radius 2 is 2.03 bits per heavy atom. The molecule has 2 aromatic carbocycles. The maximum Gasteiger partial charge on any atom is 0.250 e. The first-order valence-electron chi connectivity index (χ1n) is 8.83. The lowest BCUT2D eigenvalue weighted by Crippen LogP contribution is -2.25. The van der Waals surface area contributed by atoms with Crippen LogP contribution in [0.3, 0.4) is 0 Å². The number of halogens is 1. The number of benzene rings is 2. The minimum atomic E-state index is -0.327. The summed E-state index contributed by atoms with van der Waals surface area (Å²) in [6.07, 6.45) is 1.96. The molecule has 0 aliphatic rings. The van der Waals surface area contributed by atoms with Crippen molar-refractivity contribution in [3.8, 4) is 0 Å². The number of carbonyl (C=O) groups is 1. The number of hydrazone groups is 1. The standard InChI is InChI=1S/C21H16FN3OS3/c22-15-8-9-18-19(13-15)29-21(24-18)25(23-14-17-7-4-11-27-17)20(26)10-12-28-16-5-2-1-3-6-16/h1-9,11,13-14H,10,12H2/b23-14+. The molecule has 0 aliphatic carbocycles. The SMILES string of the molecule is O=C(CCSc1ccccc1)N(/N=C/c1cccs1)c1nc2ccc(F)cc2s1. The van der Waals surface area contributed by atoms with Gasteiger partial charge in [0.25, 0.3) is 0 Å². The summed E-state index contributed by atoms with van der Waals surface area (Å²) in [7, 11) is 0. The van der Waals surface area contributed by atoms with Crippen molar-refractivity contribution in [1.29, 1.82) is 0 Å². The van der Waals surface area contributed by atoms with Gasteiger partial charge in [-0.05, 0) is 41.8 Å². The second kappa shape index (κ2) is 9.30. The molecule has 0 fully saturated rings. The smallest absolute Gasteiger partial charge is 0.250 e. The van der Waals surface area contributed by atoms with E-state index in [1.165, 1.54) is 39.8 Å². The highest BCUT2D eigenvalue weighted by Gasteiger charge is 2.19. The molecular weight excluding hydrogens is 425 g/mol. The molecule has 4 nitrogen and oxygen atoms in total. The quantitative estimate of drug-likeness (QED) is 0.199. The topological polar surface area (TPSA) is 45.6 Å². The third kappa shape index (κ3) is 5.09. The zero-order chi connectivity index (χ0) is 20.1. The number of thioether (sulfide) groups is 1. The highest BCUT2D eigenvalue weighted by molar-refractivity contribution is 7.99. The van der Waals surface area contributed by atoms with Crippen LogP contribution in [0.2, 0.25) is 0 Å². The van der Waals surface area contributed by atoms with Gasteiger partial charge in [0, 0.05) is 21.9 Å². The van der Waals surface area contributed by atoms with Crippen molar-refractivity contribution in [1.82, 2.24) is 4.98 Å². The monoisotopic (exact) mass is 441 g/mol. The Morgan fingerprint density at radius 3 is 2.83 bits per heavy atom. The zero-order valence-corrected chi connectivity index (χ0v) is 17.6. The number of rotatable bonds is 7. The minimum absolute atomic E-state index is 0.152. The number of thiophene rings is 1. The van der Waals surface area contributed by atoms with E-state index in [0.717, 1.165) is 9.77 Å². The largest absolute Gasteiger partial charge is 0.272 e. The van der Waals surface area contributed by atoms with Gasteiger partial charge in [-0.25, -0.2) is 9.37 Å². The van der Waals surface area contributed by atoms with Gasteiger partial charge in [-0.15, -0.1) is 23.1 Å². The van der Waals surface area contributed by atoms with Gasteiger partial charge in [-0.2, -0.15) is 10.1 Å². The van der Waals surface area contributed by atoms with Crippen molar-refractivity contribution in [3.63, 3.8) is 0 Å². The molecule has 8 heteroatoms. The Morgan fingerprint density at radius 1 is 1.17 bits per heavy atom. The van der Waals surface area contributed by atoms with Gasteiger partial charge in [0.2, 0.25) is 11.0 Å². The van der Waals surface area contributed by atoms with Crippen LogP contribution < -0.4 is 5.01 Å². The Hall–Kier alpha value is -2.55. The summed E-state index contributed by atoms with van der Waals surface area (Å²) in [5, 5.41) is 8.11. The number of anilines is 1. The molecule has 0 spiro atoms. The van der Waals surface area contributed by atoms with Gasteiger partial charge in [0.15, 0.2) is 0 Å². The molecule has 2 aromatic heterocycles. The van der Waals surface area contributed by atoms with Crippen LogP contribution in [-0.4, -0.2) is 22.9 Å². The van der Waals surface area contributed by atoms with E-state index in [2.05, 4.69) is 10.1 Å². The number of carbonyl (C=O) groups excluding carboxylic acids is 1. The predicted molar refractivity (Wildman–Crippen MR) is 121 cm³/mol. The second-order valence-corrected chi connectivity index (χ2v) is 9.14. The maximum absolute atomic E-state index is 13.5. The molecule has 146 valence electrons. The number of thiazole rings is 1. The van der Waals surface area contributed by atoms with Gasteiger partial charge in [0.05, 0.1) is 16.4 Å². The number of aromatic nitrogens is 1. The van der Waals surface area contributed by atoms with Crippen LogP contribution in [0.25, 0.3) is 10.2 Å². The van der Waals surface area contributed by atoms with E-state index >= 15 is 0 Å². The molecule has 0 aliphatic heterocycles. The molecule has 0 N–H and O–H groups in total. The Labute approximate surface area is 179 Å². The van der Waals surface area contributed by atoms with Crippen LogP contribution in [0.4, 0.5) is 9.52 Å². The average molecular weight is 442 g/mol. The Balaban J connectivity index is 1.54. The van der Waals surface area contributed by atoms with E-state index in [1.54, 1.807) is 24.0 Å². The predicted octanol–water partition coefficient (Wildman–Crippen LogP) is 6.05. The van der Waals surface area contributed by atoms with E-state index in [1.807, 2.05) is 47.8 Å². The van der Waals surface area contributed by atoms with Crippen LogP contribution in [0, 0.1) is 5.82 Å². The summed E-state index contributed by atoms with van der Waals surface area (Å²) in [4.78, 5) is 19.5. The fourth-order valence-electron chi connectivity index (χ4n) is 2.56. The molecular formula is C21H16FN3OS3. The lowest BCUT2D eigenvalue weighted by atomic mass is 10.3. The Kier molecular flexibility index (Phi) is 6.33. The summed E-state index contributed by atoms with van der Waals surface area (Å²) >= 11 is 4.41. The first kappa shape index (κ1) is 19.8. The fraction of sp³-hybridized carbons (Fsp3) is 0.0952. The number of amides is 1. The highest BCUT2D eigenvalue weighted by Crippen LogP contribution is 2.30. The van der Waals surface area contributed by atoms with Crippen molar-refractivity contribution in [3.05, 3.63) is 76.7 Å². The highest BCUT2D eigenvalue weighted by atomic mass is 32.2. The van der Waals surface area contributed by atoms with E-state index in [-0.39, 0.29) is 11.7 Å². The summed E-state index contributed by atoms with van der Waals surface area (Å²) in [6, 6.07) is 18.2. The molecule has 0 saturated heterocycles. The third-order valence-corrected chi connectivity index (χ3v) is 6.74. The summed E-state index contributed by atoms with van der Waals surface area (Å²) in [6.45, 7) is 0. The Bertz CT molecular complexity index is 1130. The van der Waals surface area contributed by atoms with Crippen LogP contribution in [0.15, 0.2) is 76.0 Å². The molecule has 0 radical (unpaired) electrons. The molecule has 2 heterocycles. The molecule has 0 atom stereocenters. The van der Waals surface area contributed by atoms with Crippen LogP contribution in [-0.2, 0) is 4.79 Å². The van der Waals surface area contributed by atoms with E-state index < -0.39 is 0 Å². The molecule has 4 aromatic rings. The molecule has 1 amide bonds. The van der Waals surface area contributed by atoms with Crippen molar-refractivity contribution in [2.24, 2.45) is 5.10 Å². The lowest BCUT2D eigenvalue weighted by Gasteiger charge is -2.13. The lowest BCUT2D eigenvalue weighted by molar-refractivity contribution is -0.118. The van der Waals surface area contributed by atoms with Crippen molar-refractivity contribution >= 4 is 61.9 Å². The molecule has 4 rings (SSSR count). The first-order valence-corrected chi connectivity index (χ1v) is 11.5. The number of hydrogen-bond donors (Lipinski definition) is 0. The number of hydrogen-bond acceptors (Lipinski definition) is 6. The van der Waals surface area contributed by atoms with E-state index in [4.69, 9.17) is 0 Å². The van der Waals surface area contributed by atoms with Crippen LogP contribution in [0.5, 0.6) is 0 Å². The number of nitrogens with zero attached hydrogens (tertiary/aromatic N) is 3. The molecule has 0 bridgehead atoms. The van der Waals surface area contributed by atoms with Crippen molar-refractivity contribution in [2.75, 3.05) is 10.8 Å². The van der Waals surface area contributed by atoms with Crippen molar-refractivity contribution < 1.29 is 9.18 Å². The fourth-order valence-corrected chi connectivity index (χ4v) is 4.96. The van der Waals surface area contributed by atoms with Crippen LogP contribution >= 0.6 is 34.4 Å². The average Bonchev–Trinajstić information content (AvgIpc) is 3.38. The maximum atomic E-state index is 13.5.